The van der Waals surface area contributed by atoms with E-state index in [-0.39, 0.29) is 11.9 Å². The van der Waals surface area contributed by atoms with Crippen molar-refractivity contribution in [3.05, 3.63) is 58.9 Å². The predicted octanol–water partition coefficient (Wildman–Crippen LogP) is 4.46. The molecule has 0 radical (unpaired) electrons. The molecule has 1 aromatic carbocycles. The monoisotopic (exact) mass is 338 g/mol. The molecule has 0 saturated carbocycles. The van der Waals surface area contributed by atoms with Crippen LogP contribution in [0.2, 0.25) is 0 Å². The van der Waals surface area contributed by atoms with Crippen LogP contribution in [0.15, 0.2) is 42.2 Å². The zero-order chi connectivity index (χ0) is 18.6. The summed E-state index contributed by atoms with van der Waals surface area (Å²) < 4.78 is 5.67. The lowest BCUT2D eigenvalue weighted by Crippen LogP contribution is -2.38. The third-order valence-electron chi connectivity index (χ3n) is 4.49. The highest BCUT2D eigenvalue weighted by atomic mass is 16.6. The fraction of sp³-hybridized carbons (Fsp3) is 0.429. The van der Waals surface area contributed by atoms with Crippen molar-refractivity contribution in [1.29, 1.82) is 5.26 Å². The topological polar surface area (TPSA) is 62.1 Å². The van der Waals surface area contributed by atoms with Crippen LogP contribution in [0, 0.1) is 18.3 Å². The third-order valence-corrected chi connectivity index (χ3v) is 4.49. The highest BCUT2D eigenvalue weighted by Gasteiger charge is 2.38. The molecule has 0 aliphatic carbocycles. The van der Waals surface area contributed by atoms with Crippen molar-refractivity contribution in [1.82, 2.24) is 5.32 Å². The lowest BCUT2D eigenvalue weighted by atomic mass is 9.80. The average Bonchev–Trinajstić information content (AvgIpc) is 2.52. The molecule has 25 heavy (non-hydrogen) atoms. The van der Waals surface area contributed by atoms with E-state index in [2.05, 4.69) is 24.9 Å². The summed E-state index contributed by atoms with van der Waals surface area (Å²) in [5.74, 6) is -0.341. The van der Waals surface area contributed by atoms with Crippen LogP contribution in [-0.2, 0) is 9.53 Å². The Balaban J connectivity index is 2.59. The molecule has 4 heteroatoms. The van der Waals surface area contributed by atoms with Crippen molar-refractivity contribution >= 4 is 5.97 Å². The van der Waals surface area contributed by atoms with Gasteiger partial charge in [0, 0.05) is 18.0 Å². The summed E-state index contributed by atoms with van der Waals surface area (Å²) in [4.78, 5) is 12.8. The molecule has 132 valence electrons. The second-order valence-corrected chi connectivity index (χ2v) is 7.09. The first-order valence-electron chi connectivity index (χ1n) is 8.67. The molecule has 0 fully saturated rings. The summed E-state index contributed by atoms with van der Waals surface area (Å²) in [7, 11) is 0. The van der Waals surface area contributed by atoms with Crippen LogP contribution in [0.25, 0.3) is 0 Å². The van der Waals surface area contributed by atoms with Gasteiger partial charge in [-0.05, 0) is 56.7 Å². The van der Waals surface area contributed by atoms with Crippen LogP contribution < -0.4 is 5.32 Å². The molecule has 4 nitrogen and oxygen atoms in total. The summed E-state index contributed by atoms with van der Waals surface area (Å²) in [5.41, 5.74) is 3.72. The van der Waals surface area contributed by atoms with Crippen LogP contribution in [0.1, 0.15) is 62.6 Å². The minimum Gasteiger partial charge on any atom is -0.456 e. The molecule has 1 unspecified atom stereocenters. The number of hydrogen-bond donors (Lipinski definition) is 1. The number of cyclic esters (lactones) is 1. The lowest BCUT2D eigenvalue weighted by Gasteiger charge is -2.35. The Morgan fingerprint density at radius 1 is 1.48 bits per heavy atom. The smallest absolute Gasteiger partial charge is 0.336 e. The van der Waals surface area contributed by atoms with Crippen LogP contribution in [-0.4, -0.2) is 11.6 Å². The second kappa shape index (κ2) is 7.57. The molecular formula is C21H26N2O2. The van der Waals surface area contributed by atoms with Crippen LogP contribution >= 0.6 is 0 Å². The number of nitrogens with zero attached hydrogens (tertiary/aromatic N) is 1. The van der Waals surface area contributed by atoms with Gasteiger partial charge < -0.3 is 10.1 Å². The quantitative estimate of drug-likeness (QED) is 0.778. The zero-order valence-corrected chi connectivity index (χ0v) is 15.5. The van der Waals surface area contributed by atoms with Crippen LogP contribution in [0.3, 0.4) is 0 Å². The Labute approximate surface area is 150 Å². The van der Waals surface area contributed by atoms with Crippen molar-refractivity contribution in [3.8, 4) is 6.07 Å². The van der Waals surface area contributed by atoms with Gasteiger partial charge in [0.25, 0.3) is 0 Å². The van der Waals surface area contributed by atoms with E-state index >= 15 is 0 Å². The minimum absolute atomic E-state index is 0.0659. The molecular weight excluding hydrogens is 312 g/mol. The van der Waals surface area contributed by atoms with E-state index in [1.807, 2.05) is 39.0 Å². The number of rotatable bonds is 6. The standard InChI is InChI=1S/C21H26N2O2/c1-6-8-17(16-10-9-15(13-22)11-14(16)3)19-18(23-7-2)12-21(4,5)25-20(19)24/h7,9-11,17,23H,2,6,8,12H2,1,3-5H3. The summed E-state index contributed by atoms with van der Waals surface area (Å²) in [5, 5.41) is 12.3. The SMILES string of the molecule is C=CNC1=C(C(CCC)c2ccc(C#N)cc2C)C(=O)OC(C)(C)C1. The molecule has 0 aromatic heterocycles. The molecule has 1 aliphatic heterocycles. The number of aryl methyl sites for hydroxylation is 1. The normalized spacial score (nSPS) is 17.5. The van der Waals surface area contributed by atoms with Gasteiger partial charge in [0.05, 0.1) is 17.2 Å². The summed E-state index contributed by atoms with van der Waals surface area (Å²) in [6, 6.07) is 7.81. The first-order chi connectivity index (χ1) is 11.8. The molecule has 1 heterocycles. The van der Waals surface area contributed by atoms with Crippen molar-refractivity contribution in [2.45, 2.75) is 58.5 Å². The van der Waals surface area contributed by atoms with E-state index in [9.17, 15) is 4.79 Å². The van der Waals surface area contributed by atoms with E-state index in [4.69, 9.17) is 10.00 Å². The van der Waals surface area contributed by atoms with Crippen molar-refractivity contribution in [2.24, 2.45) is 0 Å². The highest BCUT2D eigenvalue weighted by molar-refractivity contribution is 5.92. The highest BCUT2D eigenvalue weighted by Crippen LogP contribution is 2.39. The first-order valence-corrected chi connectivity index (χ1v) is 8.67. The molecule has 0 bridgehead atoms. The number of nitriles is 1. The Kier molecular flexibility index (Phi) is 5.69. The van der Waals surface area contributed by atoms with Gasteiger partial charge in [0.1, 0.15) is 5.60 Å². The van der Waals surface area contributed by atoms with Crippen LogP contribution in [0.4, 0.5) is 0 Å². The van der Waals surface area contributed by atoms with E-state index in [0.29, 0.717) is 17.6 Å². The van der Waals surface area contributed by atoms with Crippen molar-refractivity contribution < 1.29 is 9.53 Å². The average molecular weight is 338 g/mol. The largest absolute Gasteiger partial charge is 0.456 e. The maximum atomic E-state index is 12.8. The maximum Gasteiger partial charge on any atom is 0.336 e. The Morgan fingerprint density at radius 3 is 2.76 bits per heavy atom. The van der Waals surface area contributed by atoms with Gasteiger partial charge >= 0.3 is 5.97 Å². The molecule has 2 rings (SSSR count). The van der Waals surface area contributed by atoms with E-state index < -0.39 is 5.60 Å². The molecule has 0 spiro atoms. The number of hydrogen-bond acceptors (Lipinski definition) is 4. The number of esters is 1. The second-order valence-electron chi connectivity index (χ2n) is 7.09. The molecule has 1 atom stereocenters. The van der Waals surface area contributed by atoms with Gasteiger partial charge in [-0.15, -0.1) is 0 Å². The molecule has 1 aliphatic rings. The number of nitrogens with one attached hydrogen (secondary N) is 1. The maximum absolute atomic E-state index is 12.8. The summed E-state index contributed by atoms with van der Waals surface area (Å²) in [6.07, 6.45) is 4.00. The number of ether oxygens (including phenoxy) is 1. The number of carbonyl (C=O) groups excluding carboxylic acids is 1. The van der Waals surface area contributed by atoms with Gasteiger partial charge in [-0.2, -0.15) is 5.26 Å². The summed E-state index contributed by atoms with van der Waals surface area (Å²) >= 11 is 0. The van der Waals surface area contributed by atoms with Gasteiger partial charge in [-0.25, -0.2) is 4.79 Å². The lowest BCUT2D eigenvalue weighted by molar-refractivity contribution is -0.154. The van der Waals surface area contributed by atoms with E-state index in [1.54, 1.807) is 6.20 Å². The Bertz CT molecular complexity index is 754. The summed E-state index contributed by atoms with van der Waals surface area (Å²) in [6.45, 7) is 11.7. The predicted molar refractivity (Wildman–Crippen MR) is 98.7 cm³/mol. The molecule has 1 aromatic rings. The Morgan fingerprint density at radius 2 is 2.20 bits per heavy atom. The van der Waals surface area contributed by atoms with E-state index in [1.165, 1.54) is 0 Å². The van der Waals surface area contributed by atoms with Gasteiger partial charge in [0.2, 0.25) is 0 Å². The first kappa shape index (κ1) is 18.8. The number of carbonyl (C=O) groups is 1. The van der Waals surface area contributed by atoms with Crippen LogP contribution in [0.5, 0.6) is 0 Å². The van der Waals surface area contributed by atoms with Gasteiger partial charge in [0.15, 0.2) is 0 Å². The molecule has 0 saturated heterocycles. The van der Waals surface area contributed by atoms with Gasteiger partial charge in [-0.1, -0.05) is 26.0 Å². The zero-order valence-electron chi connectivity index (χ0n) is 15.5. The fourth-order valence-electron chi connectivity index (χ4n) is 3.47. The molecule has 0 amide bonds. The van der Waals surface area contributed by atoms with Crippen molar-refractivity contribution in [3.63, 3.8) is 0 Å². The van der Waals surface area contributed by atoms with Crippen molar-refractivity contribution in [2.75, 3.05) is 0 Å². The fourth-order valence-corrected chi connectivity index (χ4v) is 3.47. The number of benzene rings is 1. The van der Waals surface area contributed by atoms with E-state index in [0.717, 1.165) is 29.7 Å². The Hall–Kier alpha value is -2.54. The minimum atomic E-state index is -0.539. The molecule has 1 N–H and O–H groups in total. The van der Waals surface area contributed by atoms with Gasteiger partial charge in [-0.3, -0.25) is 0 Å². The third kappa shape index (κ3) is 4.11.